The van der Waals surface area contributed by atoms with Crippen LogP contribution < -0.4 is 11.1 Å². The number of hydrogen-bond donors (Lipinski definition) is 2. The summed E-state index contributed by atoms with van der Waals surface area (Å²) in [4.78, 5) is 34.5. The smallest absolute Gasteiger partial charge is 0.269 e. The molecule has 0 aliphatic carbocycles. The molecule has 1 atom stereocenters. The fraction of sp³-hybridized carbons (Fsp3) is 0.368. The van der Waals surface area contributed by atoms with E-state index in [1.165, 1.54) is 6.33 Å². The summed E-state index contributed by atoms with van der Waals surface area (Å²) in [5.74, 6) is -0.0723. The summed E-state index contributed by atoms with van der Waals surface area (Å²) in [6, 6.07) is 10.5. The molecule has 1 aliphatic rings. The molecule has 0 unspecified atom stereocenters. The van der Waals surface area contributed by atoms with Crippen molar-refractivity contribution < 1.29 is 9.59 Å². The van der Waals surface area contributed by atoms with Crippen LogP contribution in [0.3, 0.4) is 0 Å². The van der Waals surface area contributed by atoms with Crippen molar-refractivity contribution in [3.63, 3.8) is 0 Å². The predicted molar refractivity (Wildman–Crippen MR) is 97.3 cm³/mol. The molecule has 0 spiro atoms. The number of piperidine rings is 1. The molecular formula is C19H23N5O2. The van der Waals surface area contributed by atoms with Gasteiger partial charge in [-0.05, 0) is 24.5 Å². The van der Waals surface area contributed by atoms with Gasteiger partial charge in [-0.1, -0.05) is 30.3 Å². The summed E-state index contributed by atoms with van der Waals surface area (Å²) in [6.45, 7) is 1.26. The Hall–Kier alpha value is -2.80. The number of hydrogen-bond acceptors (Lipinski definition) is 5. The van der Waals surface area contributed by atoms with E-state index in [1.807, 2.05) is 35.2 Å². The van der Waals surface area contributed by atoms with Gasteiger partial charge in [0.25, 0.3) is 5.91 Å². The summed E-state index contributed by atoms with van der Waals surface area (Å²) in [5, 5.41) is 2.57. The van der Waals surface area contributed by atoms with Crippen LogP contribution in [0.4, 0.5) is 0 Å². The Kier molecular flexibility index (Phi) is 5.58. The fourth-order valence-corrected chi connectivity index (χ4v) is 3.24. The van der Waals surface area contributed by atoms with Gasteiger partial charge in [-0.3, -0.25) is 9.59 Å². The van der Waals surface area contributed by atoms with Gasteiger partial charge in [0.1, 0.15) is 18.1 Å². The third-order valence-electron chi connectivity index (χ3n) is 4.80. The van der Waals surface area contributed by atoms with Crippen LogP contribution in [0.25, 0.3) is 0 Å². The normalized spacial score (nSPS) is 16.2. The largest absolute Gasteiger partial charge is 0.354 e. The molecule has 1 aromatic heterocycles. The van der Waals surface area contributed by atoms with Gasteiger partial charge in [-0.15, -0.1) is 0 Å². The van der Waals surface area contributed by atoms with Crippen LogP contribution in [0, 0.1) is 0 Å². The Morgan fingerprint density at radius 2 is 1.88 bits per heavy atom. The molecule has 136 valence electrons. The highest BCUT2D eigenvalue weighted by molar-refractivity contribution is 5.92. The highest BCUT2D eigenvalue weighted by Gasteiger charge is 2.28. The SMILES string of the molecule is CNC(=O)c1cc(C2CCN(C(=O)[C@H](N)c3ccccc3)CC2)ncn1. The molecular weight excluding hydrogens is 330 g/mol. The number of benzene rings is 1. The molecule has 2 amide bonds. The van der Waals surface area contributed by atoms with Crippen LogP contribution in [0.2, 0.25) is 0 Å². The van der Waals surface area contributed by atoms with E-state index in [0.717, 1.165) is 24.1 Å². The number of rotatable bonds is 4. The fourth-order valence-electron chi connectivity index (χ4n) is 3.24. The first kappa shape index (κ1) is 18.0. The summed E-state index contributed by atoms with van der Waals surface area (Å²) < 4.78 is 0. The van der Waals surface area contributed by atoms with E-state index in [1.54, 1.807) is 13.1 Å². The van der Waals surface area contributed by atoms with E-state index < -0.39 is 6.04 Å². The van der Waals surface area contributed by atoms with Crippen molar-refractivity contribution in [3.8, 4) is 0 Å². The van der Waals surface area contributed by atoms with Crippen molar-refractivity contribution in [1.29, 1.82) is 0 Å². The molecule has 26 heavy (non-hydrogen) atoms. The van der Waals surface area contributed by atoms with Crippen LogP contribution in [0.15, 0.2) is 42.7 Å². The Balaban J connectivity index is 1.62. The van der Waals surface area contributed by atoms with Crippen molar-refractivity contribution in [2.75, 3.05) is 20.1 Å². The van der Waals surface area contributed by atoms with Crippen molar-refractivity contribution >= 4 is 11.8 Å². The van der Waals surface area contributed by atoms with E-state index in [0.29, 0.717) is 18.8 Å². The standard InChI is InChI=1S/C19H23N5O2/c1-21-18(25)16-11-15(22-12-23-16)13-7-9-24(10-8-13)19(26)17(20)14-5-3-2-4-6-14/h2-6,11-13,17H,7-10,20H2,1H3,(H,21,25)/t17-/m1/s1. The maximum Gasteiger partial charge on any atom is 0.269 e. The minimum Gasteiger partial charge on any atom is -0.354 e. The zero-order valence-corrected chi connectivity index (χ0v) is 14.8. The average Bonchev–Trinajstić information content (AvgIpc) is 2.73. The number of likely N-dealkylation sites (tertiary alicyclic amines) is 1. The Morgan fingerprint density at radius 1 is 1.19 bits per heavy atom. The highest BCUT2D eigenvalue weighted by Crippen LogP contribution is 2.28. The first-order valence-corrected chi connectivity index (χ1v) is 8.73. The quantitative estimate of drug-likeness (QED) is 0.861. The minimum absolute atomic E-state index is 0.0524. The Morgan fingerprint density at radius 3 is 2.54 bits per heavy atom. The van der Waals surface area contributed by atoms with Gasteiger partial charge in [-0.2, -0.15) is 0 Å². The summed E-state index contributed by atoms with van der Waals surface area (Å²) in [6.07, 6.45) is 3.00. The lowest BCUT2D eigenvalue weighted by Crippen LogP contribution is -2.43. The number of nitrogens with one attached hydrogen (secondary N) is 1. The molecule has 2 heterocycles. The van der Waals surface area contributed by atoms with Gasteiger partial charge < -0.3 is 16.0 Å². The number of carbonyl (C=O) groups is 2. The molecule has 2 aromatic rings. The summed E-state index contributed by atoms with van der Waals surface area (Å²) in [7, 11) is 1.57. The molecule has 3 rings (SSSR count). The van der Waals surface area contributed by atoms with Gasteiger partial charge in [0.2, 0.25) is 5.91 Å². The average molecular weight is 353 g/mol. The van der Waals surface area contributed by atoms with Crippen molar-refractivity contribution in [1.82, 2.24) is 20.2 Å². The maximum atomic E-state index is 12.6. The Labute approximate surface area is 152 Å². The maximum absolute atomic E-state index is 12.6. The van der Waals surface area contributed by atoms with Crippen LogP contribution >= 0.6 is 0 Å². The lowest BCUT2D eigenvalue weighted by molar-refractivity contribution is -0.133. The molecule has 1 aliphatic heterocycles. The van der Waals surface area contributed by atoms with E-state index >= 15 is 0 Å². The number of amides is 2. The first-order valence-electron chi connectivity index (χ1n) is 8.73. The lowest BCUT2D eigenvalue weighted by Gasteiger charge is -2.33. The molecule has 0 bridgehead atoms. The monoisotopic (exact) mass is 353 g/mol. The third-order valence-corrected chi connectivity index (χ3v) is 4.80. The van der Waals surface area contributed by atoms with Gasteiger partial charge in [0, 0.05) is 31.7 Å². The number of nitrogens with zero attached hydrogens (tertiary/aromatic N) is 3. The van der Waals surface area contributed by atoms with E-state index in [-0.39, 0.29) is 17.7 Å². The molecule has 7 nitrogen and oxygen atoms in total. The number of carbonyl (C=O) groups excluding carboxylic acids is 2. The number of aromatic nitrogens is 2. The van der Waals surface area contributed by atoms with Crippen molar-refractivity contribution in [2.45, 2.75) is 24.8 Å². The van der Waals surface area contributed by atoms with Crippen LogP contribution in [0.5, 0.6) is 0 Å². The van der Waals surface area contributed by atoms with E-state index in [2.05, 4.69) is 15.3 Å². The van der Waals surface area contributed by atoms with Crippen LogP contribution in [-0.2, 0) is 4.79 Å². The molecule has 3 N–H and O–H groups in total. The van der Waals surface area contributed by atoms with Gasteiger partial charge >= 0.3 is 0 Å². The molecule has 7 heteroatoms. The second-order valence-corrected chi connectivity index (χ2v) is 6.40. The minimum atomic E-state index is -0.633. The lowest BCUT2D eigenvalue weighted by atomic mass is 9.92. The van der Waals surface area contributed by atoms with E-state index in [9.17, 15) is 9.59 Å². The van der Waals surface area contributed by atoms with Crippen molar-refractivity contribution in [3.05, 3.63) is 59.7 Å². The molecule has 1 fully saturated rings. The molecule has 1 saturated heterocycles. The molecule has 0 saturated carbocycles. The zero-order valence-electron chi connectivity index (χ0n) is 14.8. The molecule has 1 aromatic carbocycles. The van der Waals surface area contributed by atoms with Crippen molar-refractivity contribution in [2.24, 2.45) is 5.73 Å². The van der Waals surface area contributed by atoms with Gasteiger partial charge in [0.05, 0.1) is 0 Å². The van der Waals surface area contributed by atoms with Gasteiger partial charge in [-0.25, -0.2) is 9.97 Å². The number of nitrogens with two attached hydrogens (primary N) is 1. The third kappa shape index (κ3) is 3.88. The summed E-state index contributed by atoms with van der Waals surface area (Å²) in [5.41, 5.74) is 8.16. The topological polar surface area (TPSA) is 101 Å². The predicted octanol–water partition coefficient (Wildman–Crippen LogP) is 1.24. The zero-order chi connectivity index (χ0) is 18.5. The van der Waals surface area contributed by atoms with Gasteiger partial charge in [0.15, 0.2) is 0 Å². The van der Waals surface area contributed by atoms with Crippen LogP contribution in [-0.4, -0.2) is 46.8 Å². The van der Waals surface area contributed by atoms with Crippen LogP contribution in [0.1, 0.15) is 46.5 Å². The Bertz CT molecular complexity index is 773. The first-order chi connectivity index (χ1) is 12.6. The van der Waals surface area contributed by atoms with E-state index in [4.69, 9.17) is 5.73 Å². The summed E-state index contributed by atoms with van der Waals surface area (Å²) >= 11 is 0. The second-order valence-electron chi connectivity index (χ2n) is 6.40. The molecule has 0 radical (unpaired) electrons. The highest BCUT2D eigenvalue weighted by atomic mass is 16.2. The second kappa shape index (κ2) is 8.05.